The van der Waals surface area contributed by atoms with Gasteiger partial charge in [-0.05, 0) is 43.6 Å². The Hall–Kier alpha value is -1.59. The van der Waals surface area contributed by atoms with Crippen molar-refractivity contribution in [3.63, 3.8) is 0 Å². The van der Waals surface area contributed by atoms with Gasteiger partial charge in [0.05, 0.1) is 0 Å². The predicted molar refractivity (Wildman–Crippen MR) is 117 cm³/mol. The molecule has 1 aromatic rings. The quantitative estimate of drug-likeness (QED) is 0.344. The number of ether oxygens (including phenoxy) is 2. The number of hydrogen-bond acceptors (Lipinski definition) is 3. The fourth-order valence-corrected chi connectivity index (χ4v) is 3.82. The minimum Gasteiger partial charge on any atom is -0.381 e. The monoisotopic (exact) mass is 389 g/mol. The van der Waals surface area contributed by atoms with Crippen molar-refractivity contribution in [2.75, 3.05) is 46.6 Å². The number of rotatable bonds is 11. The van der Waals surface area contributed by atoms with Gasteiger partial charge in [-0.25, -0.2) is 0 Å². The molecule has 0 spiro atoms. The molecule has 1 saturated heterocycles. The summed E-state index contributed by atoms with van der Waals surface area (Å²) in [6, 6.07) is 10.8. The van der Waals surface area contributed by atoms with Crippen LogP contribution in [0.4, 0.5) is 0 Å². The maximum atomic E-state index is 5.84. The maximum absolute atomic E-state index is 5.84. The highest BCUT2D eigenvalue weighted by Gasteiger charge is 2.28. The van der Waals surface area contributed by atoms with Crippen LogP contribution >= 0.6 is 0 Å². The standard InChI is InChI=1S/C23H39N3O2/c1-4-23(5-2,21-10-7-6-8-11-21)19-26-22(24-3)25-14-9-15-28-18-20-12-16-27-17-13-20/h6-8,10-11,20H,4-5,9,12-19H2,1-3H3,(H2,24,25,26). The van der Waals surface area contributed by atoms with Crippen molar-refractivity contribution in [1.82, 2.24) is 10.6 Å². The van der Waals surface area contributed by atoms with Gasteiger partial charge in [-0.2, -0.15) is 0 Å². The normalized spacial score (nSPS) is 16.2. The Morgan fingerprint density at radius 3 is 2.50 bits per heavy atom. The zero-order valence-electron chi connectivity index (χ0n) is 18.0. The zero-order valence-corrected chi connectivity index (χ0v) is 18.0. The van der Waals surface area contributed by atoms with Crippen LogP contribution in [0, 0.1) is 5.92 Å². The van der Waals surface area contributed by atoms with Crippen LogP contribution in [0.25, 0.3) is 0 Å². The Bertz CT molecular complexity index is 552. The second-order valence-corrected chi connectivity index (χ2v) is 7.69. The van der Waals surface area contributed by atoms with E-state index in [1.165, 1.54) is 5.56 Å². The summed E-state index contributed by atoms with van der Waals surface area (Å²) in [6.45, 7) is 9.71. The van der Waals surface area contributed by atoms with E-state index in [-0.39, 0.29) is 5.41 Å². The van der Waals surface area contributed by atoms with E-state index in [1.54, 1.807) is 0 Å². The highest BCUT2D eigenvalue weighted by Crippen LogP contribution is 2.30. The van der Waals surface area contributed by atoms with Crippen LogP contribution in [0.2, 0.25) is 0 Å². The third kappa shape index (κ3) is 7.10. The number of hydrogen-bond donors (Lipinski definition) is 2. The summed E-state index contributed by atoms with van der Waals surface area (Å²) in [4.78, 5) is 4.38. The molecule has 28 heavy (non-hydrogen) atoms. The number of nitrogens with one attached hydrogen (secondary N) is 2. The first-order chi connectivity index (χ1) is 13.7. The third-order valence-electron chi connectivity index (χ3n) is 6.01. The lowest BCUT2D eigenvalue weighted by atomic mass is 9.76. The van der Waals surface area contributed by atoms with Gasteiger partial charge in [0.1, 0.15) is 0 Å². The summed E-state index contributed by atoms with van der Waals surface area (Å²) in [6.07, 6.45) is 5.43. The molecule has 0 radical (unpaired) electrons. The number of benzene rings is 1. The van der Waals surface area contributed by atoms with E-state index >= 15 is 0 Å². The molecule has 0 aliphatic carbocycles. The molecule has 1 aliphatic heterocycles. The zero-order chi connectivity index (χ0) is 20.1. The number of aliphatic imine (C=N–C) groups is 1. The minimum atomic E-state index is 0.131. The van der Waals surface area contributed by atoms with Crippen molar-refractivity contribution in [3.8, 4) is 0 Å². The maximum Gasteiger partial charge on any atom is 0.191 e. The van der Waals surface area contributed by atoms with Crippen molar-refractivity contribution in [2.45, 2.75) is 51.4 Å². The van der Waals surface area contributed by atoms with Crippen LogP contribution in [0.5, 0.6) is 0 Å². The van der Waals surface area contributed by atoms with Crippen LogP contribution in [0.1, 0.15) is 51.5 Å². The minimum absolute atomic E-state index is 0.131. The molecular weight excluding hydrogens is 350 g/mol. The van der Waals surface area contributed by atoms with Crippen molar-refractivity contribution in [1.29, 1.82) is 0 Å². The summed E-state index contributed by atoms with van der Waals surface area (Å²) < 4.78 is 11.2. The number of nitrogens with zero attached hydrogens (tertiary/aromatic N) is 1. The highest BCUT2D eigenvalue weighted by atomic mass is 16.5. The lowest BCUT2D eigenvalue weighted by Crippen LogP contribution is -2.45. The molecule has 158 valence electrons. The fraction of sp³-hybridized carbons (Fsp3) is 0.696. The highest BCUT2D eigenvalue weighted by molar-refractivity contribution is 5.79. The third-order valence-corrected chi connectivity index (χ3v) is 6.01. The molecular formula is C23H39N3O2. The van der Waals surface area contributed by atoms with Gasteiger partial charge < -0.3 is 20.1 Å². The van der Waals surface area contributed by atoms with Gasteiger partial charge in [0.25, 0.3) is 0 Å². The van der Waals surface area contributed by atoms with Crippen LogP contribution in [-0.2, 0) is 14.9 Å². The molecule has 0 saturated carbocycles. The second-order valence-electron chi connectivity index (χ2n) is 7.69. The van der Waals surface area contributed by atoms with Gasteiger partial charge in [-0.3, -0.25) is 4.99 Å². The second kappa shape index (κ2) is 12.8. The summed E-state index contributed by atoms with van der Waals surface area (Å²) >= 11 is 0. The average Bonchev–Trinajstić information content (AvgIpc) is 2.77. The molecule has 1 heterocycles. The summed E-state index contributed by atoms with van der Waals surface area (Å²) in [5, 5.41) is 6.96. The Morgan fingerprint density at radius 2 is 1.86 bits per heavy atom. The largest absolute Gasteiger partial charge is 0.381 e. The van der Waals surface area contributed by atoms with Crippen LogP contribution < -0.4 is 10.6 Å². The van der Waals surface area contributed by atoms with Crippen molar-refractivity contribution in [2.24, 2.45) is 10.9 Å². The molecule has 0 unspecified atom stereocenters. The van der Waals surface area contributed by atoms with E-state index in [1.807, 2.05) is 7.05 Å². The molecule has 0 aromatic heterocycles. The summed E-state index contributed by atoms with van der Waals surface area (Å²) in [5.74, 6) is 1.54. The molecule has 2 rings (SSSR count). The molecule has 2 N–H and O–H groups in total. The Balaban J connectivity index is 1.68. The first kappa shape index (κ1) is 22.7. The molecule has 1 aromatic carbocycles. The molecule has 0 atom stereocenters. The predicted octanol–water partition coefficient (Wildman–Crippen LogP) is 3.74. The van der Waals surface area contributed by atoms with E-state index in [9.17, 15) is 0 Å². The van der Waals surface area contributed by atoms with Crippen LogP contribution in [-0.4, -0.2) is 52.5 Å². The van der Waals surface area contributed by atoms with E-state index < -0.39 is 0 Å². The van der Waals surface area contributed by atoms with Gasteiger partial charge in [0.2, 0.25) is 0 Å². The lowest BCUT2D eigenvalue weighted by molar-refractivity contribution is 0.0203. The van der Waals surface area contributed by atoms with E-state index in [4.69, 9.17) is 9.47 Å². The first-order valence-corrected chi connectivity index (χ1v) is 10.9. The molecule has 0 bridgehead atoms. The van der Waals surface area contributed by atoms with Gasteiger partial charge >= 0.3 is 0 Å². The van der Waals surface area contributed by atoms with Crippen molar-refractivity contribution < 1.29 is 9.47 Å². The van der Waals surface area contributed by atoms with Crippen LogP contribution in [0.15, 0.2) is 35.3 Å². The van der Waals surface area contributed by atoms with Gasteiger partial charge in [-0.15, -0.1) is 0 Å². The smallest absolute Gasteiger partial charge is 0.191 e. The fourth-order valence-electron chi connectivity index (χ4n) is 3.82. The van der Waals surface area contributed by atoms with Gasteiger partial charge in [0.15, 0.2) is 5.96 Å². The first-order valence-electron chi connectivity index (χ1n) is 10.9. The average molecular weight is 390 g/mol. The van der Waals surface area contributed by atoms with E-state index in [0.717, 1.165) is 77.6 Å². The van der Waals surface area contributed by atoms with Crippen molar-refractivity contribution in [3.05, 3.63) is 35.9 Å². The summed E-state index contributed by atoms with van der Waals surface area (Å²) in [7, 11) is 1.83. The molecule has 1 aliphatic rings. The lowest BCUT2D eigenvalue weighted by Gasteiger charge is -2.33. The van der Waals surface area contributed by atoms with Crippen molar-refractivity contribution >= 4 is 5.96 Å². The van der Waals surface area contributed by atoms with Gasteiger partial charge in [0, 0.05) is 52.0 Å². The molecule has 5 heteroatoms. The SMILES string of the molecule is CCC(CC)(CNC(=NC)NCCCOCC1CCOCC1)c1ccccc1. The van der Waals surface area contributed by atoms with E-state index in [2.05, 4.69) is 59.8 Å². The Morgan fingerprint density at radius 1 is 1.14 bits per heavy atom. The number of guanidine groups is 1. The van der Waals surface area contributed by atoms with Gasteiger partial charge in [-0.1, -0.05) is 44.2 Å². The molecule has 0 amide bonds. The molecule has 5 nitrogen and oxygen atoms in total. The Labute approximate surface area is 171 Å². The van der Waals surface area contributed by atoms with Crippen LogP contribution in [0.3, 0.4) is 0 Å². The molecule has 1 fully saturated rings. The van der Waals surface area contributed by atoms with E-state index in [0.29, 0.717) is 5.92 Å². The summed E-state index contributed by atoms with van der Waals surface area (Å²) in [5.41, 5.74) is 1.52. The Kier molecular flexibility index (Phi) is 10.4. The topological polar surface area (TPSA) is 54.9 Å².